The normalized spacial score (nSPS) is 15.7. The van der Waals surface area contributed by atoms with E-state index in [0.29, 0.717) is 11.0 Å². The van der Waals surface area contributed by atoms with E-state index < -0.39 is 0 Å². The van der Waals surface area contributed by atoms with E-state index in [1.165, 1.54) is 16.7 Å². The van der Waals surface area contributed by atoms with Crippen molar-refractivity contribution in [3.63, 3.8) is 0 Å². The summed E-state index contributed by atoms with van der Waals surface area (Å²) in [5.41, 5.74) is 4.31. The smallest absolute Gasteiger partial charge is 0.0541 e. The molecule has 2 heteroatoms. The van der Waals surface area contributed by atoms with Crippen molar-refractivity contribution < 1.29 is 5.11 Å². The van der Waals surface area contributed by atoms with Crippen LogP contribution in [0.15, 0.2) is 24.3 Å². The lowest BCUT2D eigenvalue weighted by atomic mass is 9.85. The fraction of sp³-hybridized carbons (Fsp3) is 0.667. The molecule has 1 unspecified atom stereocenters. The van der Waals surface area contributed by atoms with Gasteiger partial charge in [0.2, 0.25) is 0 Å². The van der Waals surface area contributed by atoms with Crippen molar-refractivity contribution in [2.75, 3.05) is 0 Å². The molecule has 0 saturated heterocycles. The van der Waals surface area contributed by atoms with Crippen molar-refractivity contribution >= 4 is 15.6 Å². The van der Waals surface area contributed by atoms with E-state index in [-0.39, 0.29) is 17.4 Å². The predicted molar refractivity (Wildman–Crippen MR) is 118 cm³/mol. The molecule has 0 bridgehead atoms. The Morgan fingerprint density at radius 1 is 1.04 bits per heavy atom. The summed E-state index contributed by atoms with van der Waals surface area (Å²) in [5.74, 6) is 0.764. The molecule has 2 atom stereocenters. The van der Waals surface area contributed by atoms with Gasteiger partial charge < -0.3 is 5.11 Å². The molecule has 0 saturated carbocycles. The molecule has 0 amide bonds. The minimum Gasteiger partial charge on any atom is -0.393 e. The lowest BCUT2D eigenvalue weighted by molar-refractivity contribution is 0.134. The van der Waals surface area contributed by atoms with Gasteiger partial charge in [0.15, 0.2) is 0 Å². The maximum absolute atomic E-state index is 10.7. The molecule has 1 N–H and O–H groups in total. The number of allylic oxidation sites excluding steroid dienone is 1. The molecular weight excluding hydrogens is 332 g/mol. The van der Waals surface area contributed by atoms with E-state index in [2.05, 4.69) is 92.7 Å². The summed E-state index contributed by atoms with van der Waals surface area (Å²) < 4.78 is 0. The fourth-order valence-corrected chi connectivity index (χ4v) is 4.19. The van der Waals surface area contributed by atoms with Crippen molar-refractivity contribution in [2.45, 2.75) is 91.8 Å². The van der Waals surface area contributed by atoms with E-state index >= 15 is 0 Å². The number of aliphatic hydroxyl groups is 1. The largest absolute Gasteiger partial charge is 0.393 e. The Bertz CT molecular complexity index is 587. The third-order valence-electron chi connectivity index (χ3n) is 4.66. The van der Waals surface area contributed by atoms with Gasteiger partial charge in [-0.3, -0.25) is 0 Å². The van der Waals surface area contributed by atoms with E-state index in [9.17, 15) is 5.11 Å². The number of benzene rings is 1. The molecule has 0 aliphatic carbocycles. The van der Waals surface area contributed by atoms with Gasteiger partial charge >= 0.3 is 0 Å². The molecule has 0 fully saturated rings. The number of rotatable bonds is 7. The summed E-state index contributed by atoms with van der Waals surface area (Å²) >= 11 is 0. The van der Waals surface area contributed by atoms with Gasteiger partial charge in [-0.25, -0.2) is 0 Å². The van der Waals surface area contributed by atoms with Gasteiger partial charge in [-0.2, -0.15) is 0 Å². The quantitative estimate of drug-likeness (QED) is 0.525. The Kier molecular flexibility index (Phi) is 8.35. The van der Waals surface area contributed by atoms with Crippen LogP contribution in [-0.2, 0) is 6.42 Å². The first-order valence-corrected chi connectivity index (χ1v) is 11.2. The summed E-state index contributed by atoms with van der Waals surface area (Å²) in [6.45, 7) is 20.2. The van der Waals surface area contributed by atoms with Gasteiger partial charge in [0, 0.05) is 9.52 Å². The molecule has 1 aromatic rings. The van der Waals surface area contributed by atoms with Crippen LogP contribution in [0.4, 0.5) is 0 Å². The van der Waals surface area contributed by atoms with Gasteiger partial charge in [0.25, 0.3) is 0 Å². The van der Waals surface area contributed by atoms with Crippen LogP contribution in [0.1, 0.15) is 84.9 Å². The molecule has 1 rings (SSSR count). The molecule has 0 aromatic heterocycles. The van der Waals surface area contributed by atoms with Gasteiger partial charge in [0.1, 0.15) is 0 Å². The molecule has 0 heterocycles. The molecule has 26 heavy (non-hydrogen) atoms. The van der Waals surface area contributed by atoms with E-state index in [4.69, 9.17) is 0 Å². The fourth-order valence-electron chi connectivity index (χ4n) is 2.97. The first kappa shape index (κ1) is 23.2. The third-order valence-corrected chi connectivity index (χ3v) is 6.34. The van der Waals surface area contributed by atoms with E-state index in [1.807, 2.05) is 0 Å². The topological polar surface area (TPSA) is 20.2 Å². The van der Waals surface area contributed by atoms with Crippen LogP contribution >= 0.6 is 0 Å². The van der Waals surface area contributed by atoms with Crippen molar-refractivity contribution in [1.82, 2.24) is 0 Å². The maximum Gasteiger partial charge on any atom is 0.0541 e. The molecule has 0 spiro atoms. The van der Waals surface area contributed by atoms with Crippen LogP contribution in [0, 0.1) is 11.3 Å². The van der Waals surface area contributed by atoms with Gasteiger partial charge in [0.05, 0.1) is 6.10 Å². The second kappa shape index (κ2) is 9.37. The highest BCUT2D eigenvalue weighted by molar-refractivity contribution is 6.39. The van der Waals surface area contributed by atoms with Crippen LogP contribution in [0.5, 0.6) is 0 Å². The molecule has 1 nitrogen and oxygen atoms in total. The lowest BCUT2D eigenvalue weighted by Gasteiger charge is -2.25. The highest BCUT2D eigenvalue weighted by atomic mass is 28.2. The molecule has 0 aliphatic rings. The Morgan fingerprint density at radius 2 is 1.65 bits per heavy atom. The average Bonchev–Trinajstić information content (AvgIpc) is 2.49. The van der Waals surface area contributed by atoms with E-state index in [0.717, 1.165) is 22.0 Å². The Morgan fingerprint density at radius 3 is 2.15 bits per heavy atom. The lowest BCUT2D eigenvalue weighted by Crippen LogP contribution is -2.24. The average molecular weight is 373 g/mol. The van der Waals surface area contributed by atoms with Crippen LogP contribution in [0.3, 0.4) is 0 Å². The Hall–Kier alpha value is -0.863. The first-order chi connectivity index (χ1) is 11.8. The second-order valence-corrected chi connectivity index (χ2v) is 12.4. The zero-order valence-electron chi connectivity index (χ0n) is 18.5. The molecule has 2 radical (unpaired) electrons. The van der Waals surface area contributed by atoms with Gasteiger partial charge in [-0.15, -0.1) is 0 Å². The zero-order chi connectivity index (χ0) is 20.1. The zero-order valence-corrected chi connectivity index (χ0v) is 19.5. The molecule has 1 aromatic carbocycles. The summed E-state index contributed by atoms with van der Waals surface area (Å²) in [5, 5.41) is 11.0. The minimum atomic E-state index is -0.229. The van der Waals surface area contributed by atoms with Crippen LogP contribution < -0.4 is 0 Å². The Labute approximate surface area is 165 Å². The standard InChI is InChI=1S/C24H40OSi/c1-17(2)20-12-10-11-19(13-14-23(4,5)6)21(20)15-18(3)22(25)16-26-24(7,8)9/h10-14,17-18,22,25H,15-16H2,1-9H3/b14-13+/t18-,22?/m1/s1. The van der Waals surface area contributed by atoms with Crippen molar-refractivity contribution in [2.24, 2.45) is 11.3 Å². The third kappa shape index (κ3) is 8.22. The monoisotopic (exact) mass is 372 g/mol. The minimum absolute atomic E-state index is 0.171. The highest BCUT2D eigenvalue weighted by Crippen LogP contribution is 2.30. The molecule has 0 aliphatic heterocycles. The predicted octanol–water partition coefficient (Wildman–Crippen LogP) is 6.75. The summed E-state index contributed by atoms with van der Waals surface area (Å²) in [6.07, 6.45) is 5.27. The number of hydrogen-bond donors (Lipinski definition) is 1. The SMILES string of the molecule is CC(C)c1cccc(/C=C/C(C)(C)C)c1C[C@@H](C)C(O)C[Si]C(C)(C)C. The van der Waals surface area contributed by atoms with Crippen LogP contribution in [0.2, 0.25) is 11.1 Å². The number of aliphatic hydroxyl groups excluding tert-OH is 1. The second-order valence-electron chi connectivity index (χ2n) is 10.1. The Balaban J connectivity index is 3.06. The summed E-state index contributed by atoms with van der Waals surface area (Å²) in [6, 6.07) is 7.55. The first-order valence-electron chi connectivity index (χ1n) is 10.0. The summed E-state index contributed by atoms with van der Waals surface area (Å²) in [4.78, 5) is 0. The molecule has 146 valence electrons. The van der Waals surface area contributed by atoms with Crippen LogP contribution in [-0.4, -0.2) is 20.7 Å². The van der Waals surface area contributed by atoms with Crippen molar-refractivity contribution in [3.05, 3.63) is 41.0 Å². The highest BCUT2D eigenvalue weighted by Gasteiger charge is 2.21. The number of hydrogen-bond acceptors (Lipinski definition) is 1. The van der Waals surface area contributed by atoms with Gasteiger partial charge in [-0.1, -0.05) is 92.7 Å². The van der Waals surface area contributed by atoms with Gasteiger partial charge in [-0.05, 0) is 51.4 Å². The van der Waals surface area contributed by atoms with E-state index in [1.54, 1.807) is 0 Å². The maximum atomic E-state index is 10.7. The van der Waals surface area contributed by atoms with Crippen molar-refractivity contribution in [1.29, 1.82) is 0 Å². The molecular formula is C24H40OSi. The summed E-state index contributed by atoms with van der Waals surface area (Å²) in [7, 11) is 0.794. The van der Waals surface area contributed by atoms with Crippen molar-refractivity contribution in [3.8, 4) is 0 Å². The van der Waals surface area contributed by atoms with Crippen LogP contribution in [0.25, 0.3) is 6.08 Å².